The number of alkyl halides is 1. The summed E-state index contributed by atoms with van der Waals surface area (Å²) in [5.41, 5.74) is -0.702. The molecule has 2 aliphatic rings. The van der Waals surface area contributed by atoms with E-state index in [-0.39, 0.29) is 11.9 Å². The number of hydrogen-bond donors (Lipinski definition) is 5. The average molecular weight is 411 g/mol. The van der Waals surface area contributed by atoms with Crippen molar-refractivity contribution in [3.05, 3.63) is 0 Å². The van der Waals surface area contributed by atoms with E-state index in [0.717, 1.165) is 25.8 Å². The van der Waals surface area contributed by atoms with Crippen LogP contribution in [0.1, 0.15) is 33.1 Å². The number of carbonyl (C=O) groups excluding carboxylic acids is 1. The summed E-state index contributed by atoms with van der Waals surface area (Å²) in [5.74, 6) is 0.301. The summed E-state index contributed by atoms with van der Waals surface area (Å²) in [4.78, 5) is 12.7. The maximum absolute atomic E-state index is 12.7. The van der Waals surface area contributed by atoms with Crippen LogP contribution in [0.4, 0.5) is 0 Å². The first-order valence-corrected chi connectivity index (χ1v) is 10.9. The van der Waals surface area contributed by atoms with Crippen LogP contribution in [-0.2, 0) is 9.53 Å². The minimum absolute atomic E-state index is 0.182. The highest BCUT2D eigenvalue weighted by atomic mass is 35.5. The predicted molar refractivity (Wildman–Crippen MR) is 102 cm³/mol. The Morgan fingerprint density at radius 3 is 2.62 bits per heavy atom. The Labute approximate surface area is 164 Å². The van der Waals surface area contributed by atoms with Crippen LogP contribution in [0.3, 0.4) is 0 Å². The highest BCUT2D eigenvalue weighted by Gasteiger charge is 2.48. The van der Waals surface area contributed by atoms with E-state index in [0.29, 0.717) is 5.92 Å². The van der Waals surface area contributed by atoms with Crippen molar-refractivity contribution in [2.24, 2.45) is 5.92 Å². The Hall–Kier alpha value is -0.0900. The zero-order valence-corrected chi connectivity index (χ0v) is 17.0. The average Bonchev–Trinajstić information content (AvgIpc) is 3.07. The number of halogens is 1. The molecule has 2 fully saturated rings. The van der Waals surface area contributed by atoms with Gasteiger partial charge in [0.1, 0.15) is 29.9 Å². The molecule has 0 aromatic carbocycles. The molecule has 0 saturated carbocycles. The summed E-state index contributed by atoms with van der Waals surface area (Å²) < 4.78 is 5.76. The zero-order valence-electron chi connectivity index (χ0n) is 15.5. The lowest BCUT2D eigenvalue weighted by Crippen LogP contribution is -2.65. The molecular formula is C17H31ClN2O5S. The summed E-state index contributed by atoms with van der Waals surface area (Å²) in [6.07, 6.45) is -0.144. The first kappa shape index (κ1) is 22.2. The topological polar surface area (TPSA) is 111 Å². The van der Waals surface area contributed by atoms with E-state index in [1.54, 1.807) is 13.2 Å². The van der Waals surface area contributed by atoms with E-state index in [4.69, 9.17) is 16.3 Å². The Kier molecular flexibility index (Phi) is 8.46. The fraction of sp³-hybridized carbons (Fsp3) is 0.941. The molecular weight excluding hydrogens is 380 g/mol. The van der Waals surface area contributed by atoms with Crippen LogP contribution in [0, 0.1) is 5.92 Å². The Morgan fingerprint density at radius 1 is 1.35 bits per heavy atom. The molecule has 5 N–H and O–H groups in total. The van der Waals surface area contributed by atoms with Gasteiger partial charge in [0.05, 0.1) is 17.5 Å². The van der Waals surface area contributed by atoms with Crippen molar-refractivity contribution in [1.29, 1.82) is 0 Å². The van der Waals surface area contributed by atoms with Gasteiger partial charge in [-0.1, -0.05) is 13.3 Å². The Morgan fingerprint density at radius 2 is 2.04 bits per heavy atom. The molecule has 2 saturated heterocycles. The van der Waals surface area contributed by atoms with Crippen LogP contribution in [-0.4, -0.2) is 81.3 Å². The molecule has 152 valence electrons. The normalized spacial score (nSPS) is 40.2. The van der Waals surface area contributed by atoms with Gasteiger partial charge in [0.25, 0.3) is 0 Å². The molecule has 2 heterocycles. The Bertz CT molecular complexity index is 470. The van der Waals surface area contributed by atoms with Gasteiger partial charge in [-0.05, 0) is 38.5 Å². The molecule has 0 aromatic rings. The van der Waals surface area contributed by atoms with Crippen molar-refractivity contribution in [3.63, 3.8) is 0 Å². The minimum Gasteiger partial charge on any atom is -0.388 e. The molecule has 0 bridgehead atoms. The molecule has 2 unspecified atom stereocenters. The number of nitrogens with one attached hydrogen (secondary N) is 2. The summed E-state index contributed by atoms with van der Waals surface area (Å²) in [6, 6.07) is -0.986. The smallest absolute Gasteiger partial charge is 0.237 e. The molecule has 2 aliphatic heterocycles. The zero-order chi connectivity index (χ0) is 19.4. The number of rotatable bonds is 7. The third kappa shape index (κ3) is 5.04. The maximum Gasteiger partial charge on any atom is 0.237 e. The van der Waals surface area contributed by atoms with E-state index in [9.17, 15) is 20.1 Å². The van der Waals surface area contributed by atoms with E-state index in [1.165, 1.54) is 11.8 Å². The minimum atomic E-state index is -1.36. The molecule has 0 spiro atoms. The van der Waals surface area contributed by atoms with Crippen molar-refractivity contribution >= 4 is 29.3 Å². The molecule has 0 aliphatic carbocycles. The maximum atomic E-state index is 12.7. The molecule has 0 aromatic heterocycles. The van der Waals surface area contributed by atoms with Gasteiger partial charge in [0.15, 0.2) is 0 Å². The van der Waals surface area contributed by atoms with Gasteiger partial charge in [-0.15, -0.1) is 23.4 Å². The first-order chi connectivity index (χ1) is 12.3. The molecule has 26 heavy (non-hydrogen) atoms. The molecule has 9 heteroatoms. The van der Waals surface area contributed by atoms with Gasteiger partial charge in [-0.3, -0.25) is 4.79 Å². The molecule has 0 radical (unpaired) electrons. The van der Waals surface area contributed by atoms with Crippen LogP contribution >= 0.6 is 23.4 Å². The quantitative estimate of drug-likeness (QED) is 0.377. The van der Waals surface area contributed by atoms with Gasteiger partial charge in [0, 0.05) is 0 Å². The fourth-order valence-corrected chi connectivity index (χ4v) is 4.61. The lowest BCUT2D eigenvalue weighted by molar-refractivity contribution is -0.205. The highest BCUT2D eigenvalue weighted by molar-refractivity contribution is 7.99. The van der Waals surface area contributed by atoms with E-state index in [2.05, 4.69) is 17.6 Å². The molecule has 9 atom stereocenters. The summed E-state index contributed by atoms with van der Waals surface area (Å²) >= 11 is 7.50. The monoisotopic (exact) mass is 410 g/mol. The molecule has 7 nitrogen and oxygen atoms in total. The van der Waals surface area contributed by atoms with E-state index < -0.39 is 41.3 Å². The van der Waals surface area contributed by atoms with Crippen LogP contribution < -0.4 is 10.6 Å². The van der Waals surface area contributed by atoms with Crippen molar-refractivity contribution < 1.29 is 24.9 Å². The van der Waals surface area contributed by atoms with Crippen LogP contribution in [0.2, 0.25) is 0 Å². The standard InChI is InChI=1S/C17H31ClN2O5S/c1-4-5-9-6-10(19-7-9)16(24)20-11(8(2)18)15-13(22)12(21)14(23)17(25-15)26-3/h8-15,17,19,21-23H,4-7H2,1-3H3,(H,20,24)/t8?,9-,10+,11?,12+,13-,14-,15-,17-/m1/s1. The van der Waals surface area contributed by atoms with Gasteiger partial charge >= 0.3 is 0 Å². The van der Waals surface area contributed by atoms with E-state index in [1.807, 2.05) is 0 Å². The third-order valence-electron chi connectivity index (χ3n) is 5.23. The van der Waals surface area contributed by atoms with Crippen molar-refractivity contribution in [1.82, 2.24) is 10.6 Å². The second-order valence-corrected chi connectivity index (χ2v) is 8.86. The number of aliphatic hydroxyl groups excluding tert-OH is 3. The number of aliphatic hydroxyl groups is 3. The third-order valence-corrected chi connectivity index (χ3v) is 6.36. The second kappa shape index (κ2) is 9.91. The fourth-order valence-electron chi connectivity index (χ4n) is 3.73. The van der Waals surface area contributed by atoms with Crippen LogP contribution in [0.15, 0.2) is 0 Å². The van der Waals surface area contributed by atoms with Crippen molar-refractivity contribution in [2.45, 2.75) is 80.4 Å². The predicted octanol–water partition coefficient (Wildman–Crippen LogP) is 0.0473. The summed E-state index contributed by atoms with van der Waals surface area (Å²) in [5, 5.41) is 36.1. The van der Waals surface area contributed by atoms with Gasteiger partial charge in [-0.25, -0.2) is 0 Å². The van der Waals surface area contributed by atoms with Crippen LogP contribution in [0.5, 0.6) is 0 Å². The van der Waals surface area contributed by atoms with E-state index >= 15 is 0 Å². The van der Waals surface area contributed by atoms with Crippen LogP contribution in [0.25, 0.3) is 0 Å². The van der Waals surface area contributed by atoms with Gasteiger partial charge in [0.2, 0.25) is 5.91 Å². The summed E-state index contributed by atoms with van der Waals surface area (Å²) in [6.45, 7) is 4.65. The number of ether oxygens (including phenoxy) is 1. The largest absolute Gasteiger partial charge is 0.388 e. The lowest BCUT2D eigenvalue weighted by atomic mass is 9.92. The second-order valence-electron chi connectivity index (χ2n) is 7.24. The highest BCUT2D eigenvalue weighted by Crippen LogP contribution is 2.30. The number of amides is 1. The SMILES string of the molecule is CCC[C@H]1CN[C@H](C(=O)NC(C(C)Cl)[C@H]2O[C@H](SC)[C@H](O)[C@@H](O)[C@H]2O)C1. The number of carbonyl (C=O) groups is 1. The van der Waals surface area contributed by atoms with Gasteiger partial charge < -0.3 is 30.7 Å². The summed E-state index contributed by atoms with van der Waals surface area (Å²) in [7, 11) is 0. The lowest BCUT2D eigenvalue weighted by Gasteiger charge is -2.44. The van der Waals surface area contributed by atoms with Crippen molar-refractivity contribution in [2.75, 3.05) is 12.8 Å². The number of thioether (sulfide) groups is 1. The first-order valence-electron chi connectivity index (χ1n) is 9.20. The number of hydrogen-bond acceptors (Lipinski definition) is 7. The molecule has 2 rings (SSSR count). The van der Waals surface area contributed by atoms with Crippen molar-refractivity contribution in [3.8, 4) is 0 Å². The van der Waals surface area contributed by atoms with Gasteiger partial charge in [-0.2, -0.15) is 0 Å². The Balaban J connectivity index is 2.05. The molecule has 1 amide bonds.